The highest BCUT2D eigenvalue weighted by molar-refractivity contribution is 7.80. The van der Waals surface area contributed by atoms with Crippen molar-refractivity contribution in [3.63, 3.8) is 0 Å². The second-order valence-corrected chi connectivity index (χ2v) is 7.02. The molecule has 1 aliphatic heterocycles. The van der Waals surface area contributed by atoms with Crippen LogP contribution in [0.2, 0.25) is 0 Å². The fraction of sp³-hybridized carbons (Fsp3) is 0.714. The zero-order valence-corrected chi connectivity index (χ0v) is 14.2. The standard InChI is InChI=1S/C14H24N4S2/c1-4-5-12(13(15)19)17-6-8-18(9-7-17)14-16-10(2)11(3)20-14/h12H,4-9H2,1-3H3,(H2,15,19). The predicted octanol–water partition coefficient (Wildman–Crippen LogP) is 2.34. The number of anilines is 1. The summed E-state index contributed by atoms with van der Waals surface area (Å²) >= 11 is 7.01. The van der Waals surface area contributed by atoms with Gasteiger partial charge >= 0.3 is 0 Å². The summed E-state index contributed by atoms with van der Waals surface area (Å²) in [6, 6.07) is 0.261. The minimum atomic E-state index is 0.261. The molecule has 1 aromatic rings. The highest BCUT2D eigenvalue weighted by Crippen LogP contribution is 2.26. The Kier molecular flexibility index (Phi) is 5.35. The SMILES string of the molecule is CCCC(C(N)=S)N1CCN(c2nc(C)c(C)s2)CC1. The van der Waals surface area contributed by atoms with E-state index in [-0.39, 0.29) is 6.04 Å². The van der Waals surface area contributed by atoms with Crippen molar-refractivity contribution < 1.29 is 0 Å². The number of hydrogen-bond donors (Lipinski definition) is 1. The van der Waals surface area contributed by atoms with Gasteiger partial charge in [0.05, 0.1) is 16.7 Å². The Labute approximate surface area is 131 Å². The van der Waals surface area contributed by atoms with E-state index in [1.165, 1.54) is 4.88 Å². The lowest BCUT2D eigenvalue weighted by molar-refractivity contribution is 0.219. The van der Waals surface area contributed by atoms with E-state index in [1.54, 1.807) is 11.3 Å². The normalized spacial score (nSPS) is 18.2. The Morgan fingerprint density at radius 2 is 2.00 bits per heavy atom. The summed E-state index contributed by atoms with van der Waals surface area (Å²) in [4.78, 5) is 11.4. The second-order valence-electron chi connectivity index (χ2n) is 5.37. The van der Waals surface area contributed by atoms with Crippen LogP contribution < -0.4 is 10.6 Å². The van der Waals surface area contributed by atoms with Gasteiger partial charge in [-0.2, -0.15) is 0 Å². The number of aryl methyl sites for hydroxylation is 2. The van der Waals surface area contributed by atoms with Gasteiger partial charge in [-0.1, -0.05) is 25.6 Å². The minimum absolute atomic E-state index is 0.261. The number of rotatable bonds is 5. The highest BCUT2D eigenvalue weighted by atomic mass is 32.1. The van der Waals surface area contributed by atoms with E-state index in [9.17, 15) is 0 Å². The molecular formula is C14H24N4S2. The molecule has 20 heavy (non-hydrogen) atoms. The largest absolute Gasteiger partial charge is 0.392 e. The van der Waals surface area contributed by atoms with Gasteiger partial charge < -0.3 is 10.6 Å². The molecule has 0 amide bonds. The third kappa shape index (κ3) is 3.48. The minimum Gasteiger partial charge on any atom is -0.392 e. The van der Waals surface area contributed by atoms with Gasteiger partial charge in [0.2, 0.25) is 0 Å². The van der Waals surface area contributed by atoms with Crippen LogP contribution in [-0.2, 0) is 0 Å². The third-order valence-corrected chi connectivity index (χ3v) is 5.34. The van der Waals surface area contributed by atoms with Crippen LogP contribution in [0.4, 0.5) is 5.13 Å². The van der Waals surface area contributed by atoms with Crippen molar-refractivity contribution >= 4 is 33.7 Å². The van der Waals surface area contributed by atoms with Gasteiger partial charge in [-0.3, -0.25) is 4.90 Å². The summed E-state index contributed by atoms with van der Waals surface area (Å²) in [5, 5.41) is 1.15. The summed E-state index contributed by atoms with van der Waals surface area (Å²) in [6.07, 6.45) is 2.18. The fourth-order valence-corrected chi connectivity index (χ4v) is 3.82. The summed E-state index contributed by atoms with van der Waals surface area (Å²) in [5.41, 5.74) is 7.04. The van der Waals surface area contributed by atoms with Crippen LogP contribution in [0.1, 0.15) is 30.3 Å². The van der Waals surface area contributed by atoms with Gasteiger partial charge in [0, 0.05) is 31.1 Å². The average molecular weight is 313 g/mol. The zero-order chi connectivity index (χ0) is 14.7. The van der Waals surface area contributed by atoms with Crippen LogP contribution >= 0.6 is 23.6 Å². The molecule has 0 radical (unpaired) electrons. The molecule has 1 saturated heterocycles. The first kappa shape index (κ1) is 15.7. The van der Waals surface area contributed by atoms with E-state index in [2.05, 4.69) is 35.6 Å². The van der Waals surface area contributed by atoms with Crippen molar-refractivity contribution in [1.82, 2.24) is 9.88 Å². The molecule has 0 aliphatic carbocycles. The highest BCUT2D eigenvalue weighted by Gasteiger charge is 2.26. The molecule has 1 fully saturated rings. The average Bonchev–Trinajstić information content (AvgIpc) is 2.76. The number of piperazine rings is 1. The Morgan fingerprint density at radius 3 is 2.45 bits per heavy atom. The van der Waals surface area contributed by atoms with Gasteiger partial charge in [0.25, 0.3) is 0 Å². The van der Waals surface area contributed by atoms with Crippen molar-refractivity contribution in [2.75, 3.05) is 31.1 Å². The molecule has 0 saturated carbocycles. The topological polar surface area (TPSA) is 45.4 Å². The first-order valence-corrected chi connectivity index (χ1v) is 8.47. The lowest BCUT2D eigenvalue weighted by Gasteiger charge is -2.38. The van der Waals surface area contributed by atoms with E-state index in [0.717, 1.165) is 49.8 Å². The molecule has 4 nitrogen and oxygen atoms in total. The molecule has 2 N–H and O–H groups in total. The van der Waals surface area contributed by atoms with Crippen molar-refractivity contribution in [3.05, 3.63) is 10.6 Å². The first-order valence-electron chi connectivity index (χ1n) is 7.25. The van der Waals surface area contributed by atoms with Gasteiger partial charge in [0.1, 0.15) is 0 Å². The number of thiocarbonyl (C=S) groups is 1. The predicted molar refractivity (Wildman–Crippen MR) is 90.9 cm³/mol. The van der Waals surface area contributed by atoms with Crippen LogP contribution in [-0.4, -0.2) is 47.1 Å². The third-order valence-electron chi connectivity index (χ3n) is 3.93. The lowest BCUT2D eigenvalue weighted by atomic mass is 10.1. The lowest BCUT2D eigenvalue weighted by Crippen LogP contribution is -2.53. The van der Waals surface area contributed by atoms with Crippen LogP contribution in [0.15, 0.2) is 0 Å². The maximum atomic E-state index is 5.89. The zero-order valence-electron chi connectivity index (χ0n) is 12.6. The smallest absolute Gasteiger partial charge is 0.185 e. The van der Waals surface area contributed by atoms with Crippen molar-refractivity contribution in [3.8, 4) is 0 Å². The molecular weight excluding hydrogens is 288 g/mol. The molecule has 2 heterocycles. The maximum Gasteiger partial charge on any atom is 0.185 e. The van der Waals surface area contributed by atoms with Gasteiger partial charge in [-0.25, -0.2) is 4.98 Å². The number of aromatic nitrogens is 1. The number of nitrogens with zero attached hydrogens (tertiary/aromatic N) is 3. The summed E-state index contributed by atoms with van der Waals surface area (Å²) < 4.78 is 0. The Balaban J connectivity index is 1.96. The van der Waals surface area contributed by atoms with E-state index in [0.29, 0.717) is 4.99 Å². The van der Waals surface area contributed by atoms with Crippen LogP contribution in [0, 0.1) is 13.8 Å². The Morgan fingerprint density at radius 1 is 1.35 bits per heavy atom. The number of nitrogens with two attached hydrogens (primary N) is 1. The Bertz CT molecular complexity index is 444. The molecule has 0 aromatic carbocycles. The summed E-state index contributed by atoms with van der Waals surface area (Å²) in [5.74, 6) is 0. The first-order chi connectivity index (χ1) is 9.52. The van der Waals surface area contributed by atoms with Crippen molar-refractivity contribution in [2.24, 2.45) is 5.73 Å². The molecule has 0 bridgehead atoms. The van der Waals surface area contributed by atoms with Crippen LogP contribution in [0.25, 0.3) is 0 Å². The van der Waals surface area contributed by atoms with Crippen LogP contribution in [0.5, 0.6) is 0 Å². The van der Waals surface area contributed by atoms with Gasteiger partial charge in [0.15, 0.2) is 5.13 Å². The van der Waals surface area contributed by atoms with Crippen molar-refractivity contribution in [2.45, 2.75) is 39.7 Å². The van der Waals surface area contributed by atoms with E-state index in [4.69, 9.17) is 18.0 Å². The molecule has 1 aliphatic rings. The molecule has 1 aromatic heterocycles. The quantitative estimate of drug-likeness (QED) is 0.846. The molecule has 112 valence electrons. The molecule has 2 rings (SSSR count). The number of thiazole rings is 1. The van der Waals surface area contributed by atoms with E-state index in [1.807, 2.05) is 0 Å². The molecule has 6 heteroatoms. The number of hydrogen-bond acceptors (Lipinski definition) is 5. The fourth-order valence-electron chi connectivity index (χ4n) is 2.59. The summed E-state index contributed by atoms with van der Waals surface area (Å²) in [6.45, 7) is 10.4. The van der Waals surface area contributed by atoms with Crippen molar-refractivity contribution in [1.29, 1.82) is 0 Å². The molecule has 1 unspecified atom stereocenters. The van der Waals surface area contributed by atoms with Gasteiger partial charge in [-0.05, 0) is 20.3 Å². The van der Waals surface area contributed by atoms with Crippen LogP contribution in [0.3, 0.4) is 0 Å². The van der Waals surface area contributed by atoms with E-state index < -0.39 is 0 Å². The van der Waals surface area contributed by atoms with Gasteiger partial charge in [-0.15, -0.1) is 11.3 Å². The van der Waals surface area contributed by atoms with E-state index >= 15 is 0 Å². The maximum absolute atomic E-state index is 5.89. The monoisotopic (exact) mass is 312 g/mol. The molecule has 0 spiro atoms. The summed E-state index contributed by atoms with van der Waals surface area (Å²) in [7, 11) is 0. The Hall–Kier alpha value is -0.720. The molecule has 1 atom stereocenters. The second kappa shape index (κ2) is 6.83.